The van der Waals surface area contributed by atoms with Gasteiger partial charge >= 0.3 is 0 Å². The molecule has 0 fully saturated rings. The summed E-state index contributed by atoms with van der Waals surface area (Å²) in [5.74, 6) is 0.0270. The van der Waals surface area contributed by atoms with Gasteiger partial charge in [-0.25, -0.2) is 0 Å². The van der Waals surface area contributed by atoms with Gasteiger partial charge in [0.15, 0.2) is 0 Å². The third kappa shape index (κ3) is 3.32. The first-order chi connectivity index (χ1) is 11.6. The Bertz CT molecular complexity index is 832. The van der Waals surface area contributed by atoms with E-state index in [2.05, 4.69) is 29.4 Å². The molecule has 0 radical (unpaired) electrons. The first-order valence-corrected chi connectivity index (χ1v) is 8.27. The average Bonchev–Trinajstić information content (AvgIpc) is 3.10. The molecular weight excluding hydrogens is 302 g/mol. The van der Waals surface area contributed by atoms with Crippen molar-refractivity contribution in [2.45, 2.75) is 39.8 Å². The lowest BCUT2D eigenvalue weighted by Gasteiger charge is -2.06. The number of rotatable bonds is 6. The standard InChI is InChI=1S/C18H23N5O/c1-13(2)23-16-12-20-22(18(16)14(3)21-23)10-9-19-17(24)11-15-7-5-4-6-8-15/h4-8,12-13H,9-11H2,1-3H3,(H,19,24). The van der Waals surface area contributed by atoms with Crippen LogP contribution < -0.4 is 5.32 Å². The summed E-state index contributed by atoms with van der Waals surface area (Å²) in [6, 6.07) is 10.0. The van der Waals surface area contributed by atoms with Crippen molar-refractivity contribution in [2.75, 3.05) is 6.54 Å². The van der Waals surface area contributed by atoms with E-state index in [0.717, 1.165) is 22.3 Å². The number of amides is 1. The van der Waals surface area contributed by atoms with Crippen LogP contribution >= 0.6 is 0 Å². The molecule has 1 N–H and O–H groups in total. The van der Waals surface area contributed by atoms with E-state index < -0.39 is 0 Å². The van der Waals surface area contributed by atoms with Gasteiger partial charge in [-0.3, -0.25) is 14.2 Å². The lowest BCUT2D eigenvalue weighted by Crippen LogP contribution is -2.28. The van der Waals surface area contributed by atoms with Crippen LogP contribution in [0.3, 0.4) is 0 Å². The largest absolute Gasteiger partial charge is 0.354 e. The first kappa shape index (κ1) is 16.2. The van der Waals surface area contributed by atoms with Gasteiger partial charge in [-0.05, 0) is 26.3 Å². The zero-order valence-corrected chi connectivity index (χ0v) is 14.4. The molecule has 6 heteroatoms. The fourth-order valence-electron chi connectivity index (χ4n) is 2.89. The van der Waals surface area contributed by atoms with Gasteiger partial charge < -0.3 is 5.32 Å². The highest BCUT2D eigenvalue weighted by Gasteiger charge is 2.15. The first-order valence-electron chi connectivity index (χ1n) is 8.27. The van der Waals surface area contributed by atoms with Crippen LogP contribution in [0.15, 0.2) is 36.5 Å². The Kier molecular flexibility index (Phi) is 4.64. The van der Waals surface area contributed by atoms with Crippen LogP contribution in [-0.2, 0) is 17.8 Å². The highest BCUT2D eigenvalue weighted by atomic mass is 16.1. The van der Waals surface area contributed by atoms with Crippen LogP contribution in [0, 0.1) is 6.92 Å². The average molecular weight is 325 g/mol. The van der Waals surface area contributed by atoms with Crippen LogP contribution in [0.2, 0.25) is 0 Å². The number of fused-ring (bicyclic) bond motifs is 1. The Morgan fingerprint density at radius 3 is 2.71 bits per heavy atom. The maximum Gasteiger partial charge on any atom is 0.224 e. The Hall–Kier alpha value is -2.63. The Labute approximate surface area is 141 Å². The molecule has 0 unspecified atom stereocenters. The molecule has 0 bridgehead atoms. The van der Waals surface area contributed by atoms with Crippen molar-refractivity contribution in [3.63, 3.8) is 0 Å². The Morgan fingerprint density at radius 1 is 1.25 bits per heavy atom. The summed E-state index contributed by atoms with van der Waals surface area (Å²) < 4.78 is 3.90. The van der Waals surface area contributed by atoms with Gasteiger partial charge in [0, 0.05) is 12.6 Å². The fraction of sp³-hybridized carbons (Fsp3) is 0.389. The van der Waals surface area contributed by atoms with Gasteiger partial charge in [0.2, 0.25) is 5.91 Å². The molecule has 0 atom stereocenters. The van der Waals surface area contributed by atoms with Crippen molar-refractivity contribution in [3.8, 4) is 0 Å². The van der Waals surface area contributed by atoms with Crippen LogP contribution in [-0.4, -0.2) is 32.0 Å². The molecule has 3 rings (SSSR count). The molecule has 0 spiro atoms. The fourth-order valence-corrected chi connectivity index (χ4v) is 2.89. The number of carbonyl (C=O) groups is 1. The predicted molar refractivity (Wildman–Crippen MR) is 93.8 cm³/mol. The van der Waals surface area contributed by atoms with Gasteiger partial charge in [-0.1, -0.05) is 30.3 Å². The number of hydrogen-bond acceptors (Lipinski definition) is 3. The van der Waals surface area contributed by atoms with E-state index in [1.54, 1.807) is 0 Å². The minimum Gasteiger partial charge on any atom is -0.354 e. The highest BCUT2D eigenvalue weighted by molar-refractivity contribution is 5.79. The van der Waals surface area contributed by atoms with Crippen molar-refractivity contribution in [1.29, 1.82) is 0 Å². The molecule has 3 aromatic rings. The van der Waals surface area contributed by atoms with Gasteiger partial charge in [-0.15, -0.1) is 0 Å². The van der Waals surface area contributed by atoms with Gasteiger partial charge in [-0.2, -0.15) is 10.2 Å². The van der Waals surface area contributed by atoms with E-state index in [4.69, 9.17) is 0 Å². The molecule has 2 heterocycles. The van der Waals surface area contributed by atoms with Gasteiger partial charge in [0.1, 0.15) is 11.0 Å². The van der Waals surface area contributed by atoms with Crippen molar-refractivity contribution in [3.05, 3.63) is 47.8 Å². The van der Waals surface area contributed by atoms with Crippen LogP contribution in [0.25, 0.3) is 11.0 Å². The normalized spacial score (nSPS) is 11.3. The molecule has 6 nitrogen and oxygen atoms in total. The SMILES string of the molecule is Cc1nn(C(C)C)c2cnn(CCNC(=O)Cc3ccccc3)c12. The van der Waals surface area contributed by atoms with E-state index in [-0.39, 0.29) is 5.91 Å². The van der Waals surface area contributed by atoms with Crippen molar-refractivity contribution in [1.82, 2.24) is 24.9 Å². The number of carbonyl (C=O) groups excluding carboxylic acids is 1. The van der Waals surface area contributed by atoms with Gasteiger partial charge in [0.05, 0.1) is 24.9 Å². The molecule has 2 aromatic heterocycles. The summed E-state index contributed by atoms with van der Waals surface area (Å²) in [6.45, 7) is 7.39. The van der Waals surface area contributed by atoms with Crippen LogP contribution in [0.5, 0.6) is 0 Å². The number of aromatic nitrogens is 4. The van der Waals surface area contributed by atoms with Gasteiger partial charge in [0.25, 0.3) is 0 Å². The van der Waals surface area contributed by atoms with E-state index in [1.807, 2.05) is 52.8 Å². The smallest absolute Gasteiger partial charge is 0.224 e. The van der Waals surface area contributed by atoms with Crippen LogP contribution in [0.1, 0.15) is 31.1 Å². The van der Waals surface area contributed by atoms with Crippen molar-refractivity contribution < 1.29 is 4.79 Å². The zero-order chi connectivity index (χ0) is 17.1. The summed E-state index contributed by atoms with van der Waals surface area (Å²) in [5, 5.41) is 12.0. The Morgan fingerprint density at radius 2 is 2.00 bits per heavy atom. The van der Waals surface area contributed by atoms with E-state index in [0.29, 0.717) is 25.6 Å². The molecule has 0 aliphatic rings. The monoisotopic (exact) mass is 325 g/mol. The number of nitrogens with one attached hydrogen (secondary N) is 1. The number of benzene rings is 1. The molecule has 0 saturated carbocycles. The van der Waals surface area contributed by atoms with Crippen molar-refractivity contribution in [2.24, 2.45) is 0 Å². The highest BCUT2D eigenvalue weighted by Crippen LogP contribution is 2.20. The maximum absolute atomic E-state index is 12.0. The second-order valence-corrected chi connectivity index (χ2v) is 6.24. The summed E-state index contributed by atoms with van der Waals surface area (Å²) in [5.41, 5.74) is 4.07. The minimum atomic E-state index is 0.0270. The van der Waals surface area contributed by atoms with Crippen molar-refractivity contribution >= 4 is 16.9 Å². The van der Waals surface area contributed by atoms with E-state index in [1.165, 1.54) is 0 Å². The van der Waals surface area contributed by atoms with Crippen LogP contribution in [0.4, 0.5) is 0 Å². The zero-order valence-electron chi connectivity index (χ0n) is 14.4. The lowest BCUT2D eigenvalue weighted by molar-refractivity contribution is -0.120. The number of hydrogen-bond donors (Lipinski definition) is 1. The molecule has 0 aliphatic carbocycles. The summed E-state index contributed by atoms with van der Waals surface area (Å²) in [4.78, 5) is 12.0. The lowest BCUT2D eigenvalue weighted by atomic mass is 10.1. The molecule has 126 valence electrons. The third-order valence-electron chi connectivity index (χ3n) is 4.01. The number of aryl methyl sites for hydroxylation is 1. The second-order valence-electron chi connectivity index (χ2n) is 6.24. The maximum atomic E-state index is 12.0. The topological polar surface area (TPSA) is 64.7 Å². The number of nitrogens with zero attached hydrogens (tertiary/aromatic N) is 4. The van der Waals surface area contributed by atoms with E-state index >= 15 is 0 Å². The quantitative estimate of drug-likeness (QED) is 0.757. The molecular formula is C18H23N5O. The minimum absolute atomic E-state index is 0.0270. The summed E-state index contributed by atoms with van der Waals surface area (Å²) in [7, 11) is 0. The molecule has 0 aliphatic heterocycles. The molecule has 24 heavy (non-hydrogen) atoms. The summed E-state index contributed by atoms with van der Waals surface area (Å²) >= 11 is 0. The molecule has 1 amide bonds. The van der Waals surface area contributed by atoms with E-state index in [9.17, 15) is 4.79 Å². The molecule has 1 aromatic carbocycles. The Balaban J connectivity index is 1.61. The second kappa shape index (κ2) is 6.86. The predicted octanol–water partition coefficient (Wildman–Crippen LogP) is 2.48. The third-order valence-corrected chi connectivity index (χ3v) is 4.01. The summed E-state index contributed by atoms with van der Waals surface area (Å²) in [6.07, 6.45) is 2.25. The molecule has 0 saturated heterocycles.